The molecule has 0 spiro atoms. The number of nitrogens with one attached hydrogen (secondary N) is 1. The van der Waals surface area contributed by atoms with Gasteiger partial charge in [0.1, 0.15) is 10.4 Å². The molecule has 8 nitrogen and oxygen atoms in total. The summed E-state index contributed by atoms with van der Waals surface area (Å²) >= 11 is 10.1. The van der Waals surface area contributed by atoms with Crippen LogP contribution in [0.25, 0.3) is 21.5 Å². The van der Waals surface area contributed by atoms with Crippen LogP contribution in [0, 0.1) is 0 Å². The predicted octanol–water partition coefficient (Wildman–Crippen LogP) is 1.86. The second kappa shape index (κ2) is 14.3. The van der Waals surface area contributed by atoms with E-state index in [0.717, 1.165) is 27.2 Å². The third-order valence-corrected chi connectivity index (χ3v) is 7.33. The van der Waals surface area contributed by atoms with Crippen molar-refractivity contribution in [2.24, 2.45) is 0 Å². The van der Waals surface area contributed by atoms with Gasteiger partial charge in [0.2, 0.25) is 19.1 Å². The van der Waals surface area contributed by atoms with E-state index in [1.165, 1.54) is 0 Å². The summed E-state index contributed by atoms with van der Waals surface area (Å²) in [6.07, 6.45) is 6.97. The molecule has 0 bridgehead atoms. The largest absolute Gasteiger partial charge is 1.00 e. The Labute approximate surface area is 236 Å². The minimum Gasteiger partial charge on any atom is -1.00 e. The van der Waals surface area contributed by atoms with E-state index in [2.05, 4.69) is 25.4 Å². The number of alkyl halides is 2. The van der Waals surface area contributed by atoms with Gasteiger partial charge in [-0.1, -0.05) is 12.1 Å². The second-order valence-corrected chi connectivity index (χ2v) is 12.1. The number of hydrogen-bond donors (Lipinski definition) is 2. The number of fused-ring (bicyclic) bond motifs is 2. The standard InChI is InChI=1S/C10H9ClN2O2S.C9H8N2.CH2Cl2O2S.Na.H/c11-7-16(14,15)13-10-2-1-9-6-12-4-3-8(9)5-10;10-9-2-1-8-6-11-4-3-7(8)5-9;2-1-6(3,4)5;;/h1-6,13H,7H2;1-6H,10H2;1H2;;/q;;;+1;-1. The van der Waals surface area contributed by atoms with Crippen molar-refractivity contribution in [1.29, 1.82) is 0 Å². The Morgan fingerprint density at radius 1 is 0.794 bits per heavy atom. The van der Waals surface area contributed by atoms with Crippen LogP contribution >= 0.6 is 33.9 Å². The number of anilines is 2. The van der Waals surface area contributed by atoms with Crippen molar-refractivity contribution in [1.82, 2.24) is 9.97 Å². The summed E-state index contributed by atoms with van der Waals surface area (Å²) < 4.78 is 44.1. The van der Waals surface area contributed by atoms with Gasteiger partial charge in [0, 0.05) is 57.6 Å². The smallest absolute Gasteiger partial charge is 1.00 e. The quantitative estimate of drug-likeness (QED) is 0.165. The summed E-state index contributed by atoms with van der Waals surface area (Å²) in [6, 6.07) is 14.8. The van der Waals surface area contributed by atoms with Crippen molar-refractivity contribution in [3.05, 3.63) is 73.3 Å². The van der Waals surface area contributed by atoms with E-state index in [0.29, 0.717) is 5.69 Å². The topological polar surface area (TPSA) is 132 Å². The van der Waals surface area contributed by atoms with E-state index in [4.69, 9.17) is 28.9 Å². The number of sulfonamides is 1. The summed E-state index contributed by atoms with van der Waals surface area (Å²) in [7, 11) is -2.31. The Morgan fingerprint density at radius 3 is 1.79 bits per heavy atom. The molecule has 0 aliphatic carbocycles. The van der Waals surface area contributed by atoms with Crippen LogP contribution in [0.5, 0.6) is 0 Å². The maximum absolute atomic E-state index is 11.2. The molecule has 0 aliphatic heterocycles. The predicted molar refractivity (Wildman–Crippen MR) is 138 cm³/mol. The van der Waals surface area contributed by atoms with Crippen LogP contribution in [0.15, 0.2) is 73.3 Å². The molecule has 4 rings (SSSR count). The number of benzene rings is 2. The number of nitrogen functional groups attached to an aromatic ring is 1. The first-order valence-electron chi connectivity index (χ1n) is 9.01. The molecule has 178 valence electrons. The fraction of sp³-hybridized carbons (Fsp3) is 0.100. The van der Waals surface area contributed by atoms with Crippen molar-refractivity contribution in [2.75, 3.05) is 20.9 Å². The third kappa shape index (κ3) is 10.9. The Hall–Kier alpha value is -1.37. The van der Waals surface area contributed by atoms with Gasteiger partial charge in [-0.25, -0.2) is 16.8 Å². The Kier molecular flexibility index (Phi) is 12.9. The zero-order chi connectivity index (χ0) is 24.5. The Morgan fingerprint density at radius 2 is 1.29 bits per heavy atom. The van der Waals surface area contributed by atoms with Crippen molar-refractivity contribution >= 4 is 85.9 Å². The molecular formula is C20H20Cl3N4NaO4S2. The number of nitrogens with zero attached hydrogens (tertiary/aromatic N) is 2. The first kappa shape index (κ1) is 30.7. The minimum atomic E-state index is -3.44. The monoisotopic (exact) mass is 572 g/mol. The molecule has 14 heteroatoms. The van der Waals surface area contributed by atoms with Gasteiger partial charge < -0.3 is 7.16 Å². The molecule has 2 aromatic heterocycles. The summed E-state index contributed by atoms with van der Waals surface area (Å²) in [5, 5.41) is 3.17. The third-order valence-electron chi connectivity index (χ3n) is 3.85. The normalized spacial score (nSPS) is 10.8. The summed E-state index contributed by atoms with van der Waals surface area (Å²) in [5.74, 6) is 0. The molecule has 0 fully saturated rings. The molecule has 34 heavy (non-hydrogen) atoms. The summed E-state index contributed by atoms with van der Waals surface area (Å²) in [4.78, 5) is 7.98. The van der Waals surface area contributed by atoms with Crippen molar-refractivity contribution in [3.63, 3.8) is 0 Å². The fourth-order valence-corrected chi connectivity index (χ4v) is 3.16. The second-order valence-electron chi connectivity index (χ2n) is 6.39. The van der Waals surface area contributed by atoms with E-state index in [-0.39, 0.29) is 31.0 Å². The van der Waals surface area contributed by atoms with Gasteiger partial charge in [0.25, 0.3) is 0 Å². The molecule has 2 heterocycles. The van der Waals surface area contributed by atoms with Gasteiger partial charge in [-0.05, 0) is 47.2 Å². The van der Waals surface area contributed by atoms with Crippen LogP contribution in [0.3, 0.4) is 0 Å². The number of nitrogens with two attached hydrogens (primary N) is 1. The Balaban J connectivity index is 0.000000533. The SMILES string of the molecule is Nc1ccc2cnccc2c1.O=S(=O)(CCl)Nc1ccc2cnccc2c1.O=S(=O)(Cl)CCl.[H-].[Na+]. The van der Waals surface area contributed by atoms with Crippen molar-refractivity contribution in [2.45, 2.75) is 0 Å². The van der Waals surface area contributed by atoms with Gasteiger partial charge >= 0.3 is 29.6 Å². The van der Waals surface area contributed by atoms with Gasteiger partial charge in [-0.15, -0.1) is 23.2 Å². The van der Waals surface area contributed by atoms with Crippen LogP contribution in [0.2, 0.25) is 0 Å². The first-order chi connectivity index (χ1) is 15.5. The molecule has 0 saturated heterocycles. The maximum atomic E-state index is 11.2. The average molecular weight is 574 g/mol. The fourth-order valence-electron chi connectivity index (χ4n) is 2.46. The van der Waals surface area contributed by atoms with Crippen LogP contribution in [0.1, 0.15) is 1.43 Å². The minimum absolute atomic E-state index is 0. The summed E-state index contributed by atoms with van der Waals surface area (Å²) in [5.41, 5.74) is 6.90. The Bertz CT molecular complexity index is 1450. The van der Waals surface area contributed by atoms with Crippen LogP contribution in [-0.4, -0.2) is 37.2 Å². The molecule has 0 aliphatic rings. The molecule has 3 N–H and O–H groups in total. The van der Waals surface area contributed by atoms with Crippen LogP contribution in [0.4, 0.5) is 11.4 Å². The average Bonchev–Trinajstić information content (AvgIpc) is 2.79. The number of rotatable bonds is 4. The first-order valence-corrected chi connectivity index (χ1v) is 14.2. The van der Waals surface area contributed by atoms with Crippen LogP contribution < -0.4 is 40.0 Å². The van der Waals surface area contributed by atoms with E-state index in [9.17, 15) is 16.8 Å². The van der Waals surface area contributed by atoms with E-state index in [1.54, 1.807) is 36.8 Å². The number of aromatic nitrogens is 2. The zero-order valence-corrected chi connectivity index (χ0v) is 23.8. The molecule has 0 radical (unpaired) electrons. The zero-order valence-electron chi connectivity index (χ0n) is 18.9. The summed E-state index contributed by atoms with van der Waals surface area (Å²) in [6.45, 7) is 0. The molecule has 0 atom stereocenters. The van der Waals surface area contributed by atoms with Gasteiger partial charge in [0.15, 0.2) is 0 Å². The van der Waals surface area contributed by atoms with Gasteiger partial charge in [-0.3, -0.25) is 14.7 Å². The van der Waals surface area contributed by atoms with E-state index >= 15 is 0 Å². The van der Waals surface area contributed by atoms with Crippen molar-refractivity contribution < 1.29 is 47.8 Å². The molecule has 4 aromatic rings. The molecule has 0 saturated carbocycles. The molecule has 0 unspecified atom stereocenters. The van der Waals surface area contributed by atoms with E-state index in [1.807, 2.05) is 36.5 Å². The van der Waals surface area contributed by atoms with Gasteiger partial charge in [-0.2, -0.15) is 0 Å². The maximum Gasteiger partial charge on any atom is 1.00 e. The van der Waals surface area contributed by atoms with Crippen molar-refractivity contribution in [3.8, 4) is 0 Å². The number of halogens is 3. The number of hydrogen-bond acceptors (Lipinski definition) is 7. The number of pyridine rings is 2. The van der Waals surface area contributed by atoms with Gasteiger partial charge in [0.05, 0.1) is 0 Å². The molecular weight excluding hydrogens is 554 g/mol. The van der Waals surface area contributed by atoms with Crippen LogP contribution in [-0.2, 0) is 19.1 Å². The van der Waals surface area contributed by atoms with E-state index < -0.39 is 29.5 Å². The molecule has 2 aromatic carbocycles. The molecule has 0 amide bonds.